The Morgan fingerprint density at radius 1 is 1.33 bits per heavy atom. The van der Waals surface area contributed by atoms with E-state index < -0.39 is 0 Å². The standard InChI is InChI=1S/C12H24N2S/c1-15-10-4-8-14-9-7-13-12(11-14)5-2-3-6-12/h13H,2-11H2,1H3. The highest BCUT2D eigenvalue weighted by molar-refractivity contribution is 7.98. The molecule has 1 aliphatic carbocycles. The van der Waals surface area contributed by atoms with Gasteiger partial charge in [0.2, 0.25) is 0 Å². The summed E-state index contributed by atoms with van der Waals surface area (Å²) in [5, 5.41) is 3.77. The van der Waals surface area contributed by atoms with Crippen LogP contribution in [0.2, 0.25) is 0 Å². The van der Waals surface area contributed by atoms with E-state index in [0.717, 1.165) is 0 Å². The third-order valence-corrected chi connectivity index (χ3v) is 4.53. The maximum Gasteiger partial charge on any atom is 0.0309 e. The number of rotatable bonds is 4. The first kappa shape index (κ1) is 11.7. The summed E-state index contributed by atoms with van der Waals surface area (Å²) in [4.78, 5) is 2.68. The maximum absolute atomic E-state index is 3.77. The lowest BCUT2D eigenvalue weighted by molar-refractivity contribution is 0.135. The summed E-state index contributed by atoms with van der Waals surface area (Å²) in [7, 11) is 0. The van der Waals surface area contributed by atoms with E-state index in [1.165, 1.54) is 64.0 Å². The molecule has 0 aromatic rings. The van der Waals surface area contributed by atoms with Gasteiger partial charge in [-0.1, -0.05) is 12.8 Å². The molecule has 0 aromatic carbocycles. The topological polar surface area (TPSA) is 15.3 Å². The maximum atomic E-state index is 3.77. The summed E-state index contributed by atoms with van der Waals surface area (Å²) in [6.45, 7) is 5.08. The van der Waals surface area contributed by atoms with Crippen molar-refractivity contribution in [2.75, 3.05) is 38.2 Å². The second-order valence-electron chi connectivity index (χ2n) is 5.04. The predicted octanol–water partition coefficient (Wildman–Crippen LogP) is 1.96. The number of nitrogens with one attached hydrogen (secondary N) is 1. The van der Waals surface area contributed by atoms with Gasteiger partial charge in [0, 0.05) is 25.2 Å². The number of hydrogen-bond acceptors (Lipinski definition) is 3. The lowest BCUT2D eigenvalue weighted by atomic mass is 9.94. The average Bonchev–Trinajstić information content (AvgIpc) is 2.67. The zero-order chi connectivity index (χ0) is 10.6. The minimum absolute atomic E-state index is 0.512. The molecule has 1 N–H and O–H groups in total. The molecule has 88 valence electrons. The fourth-order valence-electron chi connectivity index (χ4n) is 3.05. The van der Waals surface area contributed by atoms with Gasteiger partial charge < -0.3 is 10.2 Å². The van der Waals surface area contributed by atoms with Gasteiger partial charge >= 0.3 is 0 Å². The molecule has 1 saturated heterocycles. The Bertz CT molecular complexity index is 190. The van der Waals surface area contributed by atoms with Gasteiger partial charge in [0.05, 0.1) is 0 Å². The highest BCUT2D eigenvalue weighted by Gasteiger charge is 2.37. The Balaban J connectivity index is 1.76. The van der Waals surface area contributed by atoms with Crippen molar-refractivity contribution in [2.24, 2.45) is 0 Å². The predicted molar refractivity (Wildman–Crippen MR) is 68.6 cm³/mol. The Morgan fingerprint density at radius 2 is 2.13 bits per heavy atom. The molecule has 0 unspecified atom stereocenters. The van der Waals surface area contributed by atoms with Gasteiger partial charge in [-0.2, -0.15) is 11.8 Å². The summed E-state index contributed by atoms with van der Waals surface area (Å²) >= 11 is 1.97. The molecule has 15 heavy (non-hydrogen) atoms. The zero-order valence-corrected chi connectivity index (χ0v) is 10.7. The molecule has 1 aliphatic heterocycles. The molecule has 2 rings (SSSR count). The van der Waals surface area contributed by atoms with Crippen molar-refractivity contribution < 1.29 is 0 Å². The summed E-state index contributed by atoms with van der Waals surface area (Å²) in [5.41, 5.74) is 0.512. The van der Waals surface area contributed by atoms with E-state index in [1.807, 2.05) is 11.8 Å². The molecule has 0 aromatic heterocycles. The molecule has 1 heterocycles. The highest BCUT2D eigenvalue weighted by atomic mass is 32.2. The third-order valence-electron chi connectivity index (χ3n) is 3.84. The van der Waals surface area contributed by atoms with Crippen molar-refractivity contribution in [1.29, 1.82) is 0 Å². The van der Waals surface area contributed by atoms with Crippen LogP contribution in [0.1, 0.15) is 32.1 Å². The molecular formula is C12H24N2S. The molecule has 2 aliphatic rings. The van der Waals surface area contributed by atoms with Crippen LogP contribution in [0.25, 0.3) is 0 Å². The Morgan fingerprint density at radius 3 is 2.87 bits per heavy atom. The average molecular weight is 228 g/mol. The molecule has 0 amide bonds. The van der Waals surface area contributed by atoms with Gasteiger partial charge in [-0.25, -0.2) is 0 Å². The summed E-state index contributed by atoms with van der Waals surface area (Å²) in [6.07, 6.45) is 9.25. The molecule has 2 nitrogen and oxygen atoms in total. The Labute approximate surface area is 98.2 Å². The SMILES string of the molecule is CSCCCN1CCNC2(CCCC2)C1. The summed E-state index contributed by atoms with van der Waals surface area (Å²) in [6, 6.07) is 0. The normalized spacial score (nSPS) is 26.2. The first-order valence-corrected chi connectivity index (χ1v) is 7.70. The summed E-state index contributed by atoms with van der Waals surface area (Å²) in [5.74, 6) is 1.32. The molecule has 0 radical (unpaired) electrons. The van der Waals surface area contributed by atoms with Crippen molar-refractivity contribution in [3.63, 3.8) is 0 Å². The minimum Gasteiger partial charge on any atom is -0.309 e. The van der Waals surface area contributed by atoms with Crippen LogP contribution in [-0.4, -0.2) is 48.6 Å². The highest BCUT2D eigenvalue weighted by Crippen LogP contribution is 2.31. The van der Waals surface area contributed by atoms with Crippen molar-refractivity contribution in [2.45, 2.75) is 37.6 Å². The fourth-order valence-corrected chi connectivity index (χ4v) is 3.47. The monoisotopic (exact) mass is 228 g/mol. The van der Waals surface area contributed by atoms with Gasteiger partial charge in [-0.05, 0) is 37.8 Å². The second-order valence-corrected chi connectivity index (χ2v) is 6.02. The Kier molecular flexibility index (Phi) is 4.35. The van der Waals surface area contributed by atoms with Crippen LogP contribution in [0.5, 0.6) is 0 Å². The van der Waals surface area contributed by atoms with E-state index in [0.29, 0.717) is 5.54 Å². The van der Waals surface area contributed by atoms with Crippen molar-refractivity contribution in [3.05, 3.63) is 0 Å². The van der Waals surface area contributed by atoms with Gasteiger partial charge in [0.25, 0.3) is 0 Å². The number of hydrogen-bond donors (Lipinski definition) is 1. The number of nitrogens with zero attached hydrogens (tertiary/aromatic N) is 1. The lowest BCUT2D eigenvalue weighted by Gasteiger charge is -2.41. The molecule has 0 bridgehead atoms. The van der Waals surface area contributed by atoms with Crippen molar-refractivity contribution in [3.8, 4) is 0 Å². The van der Waals surface area contributed by atoms with Crippen LogP contribution in [0.3, 0.4) is 0 Å². The van der Waals surface area contributed by atoms with Crippen LogP contribution < -0.4 is 5.32 Å². The molecule has 1 spiro atoms. The molecule has 1 saturated carbocycles. The molecular weight excluding hydrogens is 204 g/mol. The van der Waals surface area contributed by atoms with E-state index in [9.17, 15) is 0 Å². The summed E-state index contributed by atoms with van der Waals surface area (Å²) < 4.78 is 0. The third kappa shape index (κ3) is 3.11. The van der Waals surface area contributed by atoms with Crippen molar-refractivity contribution >= 4 is 11.8 Å². The Hall–Kier alpha value is 0.270. The number of piperazine rings is 1. The van der Waals surface area contributed by atoms with E-state index in [1.54, 1.807) is 0 Å². The fraction of sp³-hybridized carbons (Fsp3) is 1.00. The van der Waals surface area contributed by atoms with Crippen LogP contribution in [0.15, 0.2) is 0 Å². The quantitative estimate of drug-likeness (QED) is 0.741. The van der Waals surface area contributed by atoms with Gasteiger partial charge in [0.1, 0.15) is 0 Å². The van der Waals surface area contributed by atoms with E-state index in [2.05, 4.69) is 16.5 Å². The van der Waals surface area contributed by atoms with E-state index >= 15 is 0 Å². The molecule has 2 fully saturated rings. The first-order valence-electron chi connectivity index (χ1n) is 6.31. The smallest absolute Gasteiger partial charge is 0.0309 e. The van der Waals surface area contributed by atoms with Crippen LogP contribution in [-0.2, 0) is 0 Å². The van der Waals surface area contributed by atoms with Gasteiger partial charge in [-0.15, -0.1) is 0 Å². The van der Waals surface area contributed by atoms with Crippen LogP contribution in [0.4, 0.5) is 0 Å². The first-order chi connectivity index (χ1) is 7.35. The van der Waals surface area contributed by atoms with Gasteiger partial charge in [-0.3, -0.25) is 0 Å². The molecule has 0 atom stereocenters. The number of thioether (sulfide) groups is 1. The minimum atomic E-state index is 0.512. The van der Waals surface area contributed by atoms with E-state index in [-0.39, 0.29) is 0 Å². The zero-order valence-electron chi connectivity index (χ0n) is 9.93. The van der Waals surface area contributed by atoms with E-state index in [4.69, 9.17) is 0 Å². The second kappa shape index (κ2) is 5.55. The van der Waals surface area contributed by atoms with Crippen LogP contribution in [0, 0.1) is 0 Å². The van der Waals surface area contributed by atoms with Crippen molar-refractivity contribution in [1.82, 2.24) is 10.2 Å². The lowest BCUT2D eigenvalue weighted by Crippen LogP contribution is -2.59. The van der Waals surface area contributed by atoms with Crippen LogP contribution >= 0.6 is 11.8 Å². The van der Waals surface area contributed by atoms with Gasteiger partial charge in [0.15, 0.2) is 0 Å². The largest absolute Gasteiger partial charge is 0.309 e. The molecule has 3 heteroatoms.